The molecule has 0 aliphatic heterocycles. The van der Waals surface area contributed by atoms with Gasteiger partial charge in [-0.2, -0.15) is 0 Å². The Hall–Kier alpha value is -2.60. The Bertz CT molecular complexity index is 673. The second-order valence-corrected chi connectivity index (χ2v) is 5.13. The van der Waals surface area contributed by atoms with Gasteiger partial charge >= 0.3 is 5.97 Å². The minimum atomic E-state index is -0.410. The zero-order valence-corrected chi connectivity index (χ0v) is 13.5. The van der Waals surface area contributed by atoms with Gasteiger partial charge in [0, 0.05) is 12.8 Å². The lowest BCUT2D eigenvalue weighted by atomic mass is 10.1. The molecule has 2 N–H and O–H groups in total. The van der Waals surface area contributed by atoms with E-state index >= 15 is 0 Å². The van der Waals surface area contributed by atoms with Crippen LogP contribution in [0.5, 0.6) is 11.5 Å². The Morgan fingerprint density at radius 3 is 2.50 bits per heavy atom. The zero-order valence-electron chi connectivity index (χ0n) is 13.5. The number of nitrogens with two attached hydrogens (primary N) is 1. The molecular weight excluding hydrogens is 313 g/mol. The first-order chi connectivity index (χ1) is 11.6. The lowest BCUT2D eigenvalue weighted by Crippen LogP contribution is -2.10. The number of nitrogen functional groups attached to an aromatic ring is 1. The van der Waals surface area contributed by atoms with E-state index in [0.29, 0.717) is 36.8 Å². The molecular formula is C18H20FNO4. The van der Waals surface area contributed by atoms with E-state index in [9.17, 15) is 9.18 Å². The molecule has 0 saturated heterocycles. The molecule has 0 aliphatic rings. The van der Waals surface area contributed by atoms with Crippen LogP contribution < -0.4 is 15.2 Å². The quantitative estimate of drug-likeness (QED) is 0.348. The van der Waals surface area contributed by atoms with E-state index in [1.165, 1.54) is 24.3 Å². The topological polar surface area (TPSA) is 70.8 Å². The van der Waals surface area contributed by atoms with Gasteiger partial charge in [-0.05, 0) is 54.4 Å². The fourth-order valence-corrected chi connectivity index (χ4v) is 2.05. The van der Waals surface area contributed by atoms with Crippen LogP contribution >= 0.6 is 0 Å². The van der Waals surface area contributed by atoms with Gasteiger partial charge in [-0.25, -0.2) is 4.39 Å². The molecule has 128 valence electrons. The van der Waals surface area contributed by atoms with Crippen LogP contribution in [0.15, 0.2) is 42.5 Å². The SMILES string of the molecule is COCCOc1ccc(N)c(CCC(=O)Oc2ccc(F)cc2)c1. The van der Waals surface area contributed by atoms with Crippen LogP contribution in [-0.4, -0.2) is 26.3 Å². The van der Waals surface area contributed by atoms with Crippen LogP contribution in [0.4, 0.5) is 10.1 Å². The summed E-state index contributed by atoms with van der Waals surface area (Å²) in [6.45, 7) is 0.927. The summed E-state index contributed by atoms with van der Waals surface area (Å²) < 4.78 is 28.4. The number of carbonyl (C=O) groups excluding carboxylic acids is 1. The summed E-state index contributed by atoms with van der Waals surface area (Å²) in [5.41, 5.74) is 7.32. The van der Waals surface area contributed by atoms with Crippen molar-refractivity contribution in [3.63, 3.8) is 0 Å². The highest BCUT2D eigenvalue weighted by Gasteiger charge is 2.09. The van der Waals surface area contributed by atoms with E-state index < -0.39 is 5.97 Å². The van der Waals surface area contributed by atoms with Crippen molar-refractivity contribution >= 4 is 11.7 Å². The molecule has 0 bridgehead atoms. The van der Waals surface area contributed by atoms with Gasteiger partial charge in [-0.3, -0.25) is 4.79 Å². The molecule has 0 unspecified atom stereocenters. The van der Waals surface area contributed by atoms with Crippen molar-refractivity contribution in [1.82, 2.24) is 0 Å². The number of esters is 1. The molecule has 5 nitrogen and oxygen atoms in total. The minimum Gasteiger partial charge on any atom is -0.491 e. The van der Waals surface area contributed by atoms with Crippen molar-refractivity contribution < 1.29 is 23.4 Å². The number of methoxy groups -OCH3 is 1. The molecule has 24 heavy (non-hydrogen) atoms. The summed E-state index contributed by atoms with van der Waals surface area (Å²) in [5.74, 6) is 0.189. The molecule has 0 saturated carbocycles. The highest BCUT2D eigenvalue weighted by atomic mass is 19.1. The Morgan fingerprint density at radius 1 is 1.08 bits per heavy atom. The summed E-state index contributed by atoms with van der Waals surface area (Å²) in [4.78, 5) is 11.9. The highest BCUT2D eigenvalue weighted by Crippen LogP contribution is 2.21. The zero-order chi connectivity index (χ0) is 17.4. The molecule has 2 aromatic rings. The number of halogens is 1. The lowest BCUT2D eigenvalue weighted by molar-refractivity contribution is -0.134. The minimum absolute atomic E-state index is 0.156. The van der Waals surface area contributed by atoms with E-state index in [-0.39, 0.29) is 12.2 Å². The van der Waals surface area contributed by atoms with Gasteiger partial charge in [0.05, 0.1) is 13.0 Å². The number of aryl methyl sites for hydroxylation is 1. The van der Waals surface area contributed by atoms with Crippen LogP contribution in [-0.2, 0) is 16.0 Å². The second-order valence-electron chi connectivity index (χ2n) is 5.13. The standard InChI is InChI=1S/C18H20FNO4/c1-22-10-11-23-16-7-8-17(20)13(12-16)2-9-18(21)24-15-5-3-14(19)4-6-15/h3-8,12H,2,9-11,20H2,1H3. The maximum Gasteiger partial charge on any atom is 0.311 e. The van der Waals surface area contributed by atoms with Gasteiger partial charge in [0.2, 0.25) is 0 Å². The van der Waals surface area contributed by atoms with Gasteiger partial charge in [0.1, 0.15) is 23.9 Å². The van der Waals surface area contributed by atoms with Gasteiger partial charge in [0.15, 0.2) is 0 Å². The average molecular weight is 333 g/mol. The third-order valence-electron chi connectivity index (χ3n) is 3.31. The van der Waals surface area contributed by atoms with Crippen molar-refractivity contribution in [2.45, 2.75) is 12.8 Å². The van der Waals surface area contributed by atoms with Crippen molar-refractivity contribution in [2.75, 3.05) is 26.1 Å². The fourth-order valence-electron chi connectivity index (χ4n) is 2.05. The van der Waals surface area contributed by atoms with Crippen molar-refractivity contribution in [3.05, 3.63) is 53.8 Å². The smallest absolute Gasteiger partial charge is 0.311 e. The third kappa shape index (κ3) is 5.55. The first-order valence-electron chi connectivity index (χ1n) is 7.55. The molecule has 0 aromatic heterocycles. The summed E-state index contributed by atoms with van der Waals surface area (Å²) in [6, 6.07) is 10.6. The van der Waals surface area contributed by atoms with Crippen molar-refractivity contribution in [1.29, 1.82) is 0 Å². The predicted molar refractivity (Wildman–Crippen MR) is 88.6 cm³/mol. The van der Waals surface area contributed by atoms with Gasteiger partial charge in [-0.1, -0.05) is 0 Å². The maximum absolute atomic E-state index is 12.8. The third-order valence-corrected chi connectivity index (χ3v) is 3.31. The fraction of sp³-hybridized carbons (Fsp3) is 0.278. The van der Waals surface area contributed by atoms with Gasteiger partial charge in [0.25, 0.3) is 0 Å². The Balaban J connectivity index is 1.89. The normalized spacial score (nSPS) is 10.4. The van der Waals surface area contributed by atoms with Crippen molar-refractivity contribution in [3.8, 4) is 11.5 Å². The Labute approximate surface area is 140 Å². The summed E-state index contributed by atoms with van der Waals surface area (Å²) in [7, 11) is 1.60. The predicted octanol–water partition coefficient (Wildman–Crippen LogP) is 2.97. The average Bonchev–Trinajstić information content (AvgIpc) is 2.57. The molecule has 0 heterocycles. The molecule has 0 spiro atoms. The summed E-state index contributed by atoms with van der Waals surface area (Å²) >= 11 is 0. The molecule has 2 rings (SSSR count). The first-order valence-corrected chi connectivity index (χ1v) is 7.55. The van der Waals surface area contributed by atoms with Crippen molar-refractivity contribution in [2.24, 2.45) is 0 Å². The summed E-state index contributed by atoms with van der Waals surface area (Å²) in [5, 5.41) is 0. The first kappa shape index (κ1) is 17.7. The van der Waals surface area contributed by atoms with Crippen LogP contribution in [0.1, 0.15) is 12.0 Å². The molecule has 6 heteroatoms. The number of benzene rings is 2. The maximum atomic E-state index is 12.8. The number of anilines is 1. The second kappa shape index (κ2) is 8.88. The number of ether oxygens (including phenoxy) is 3. The van der Waals surface area contributed by atoms with E-state index in [0.717, 1.165) is 5.56 Å². The van der Waals surface area contributed by atoms with E-state index in [4.69, 9.17) is 19.9 Å². The van der Waals surface area contributed by atoms with E-state index in [1.54, 1.807) is 25.3 Å². The number of hydrogen-bond acceptors (Lipinski definition) is 5. The molecule has 0 amide bonds. The molecule has 0 radical (unpaired) electrons. The highest BCUT2D eigenvalue weighted by molar-refractivity contribution is 5.73. The van der Waals surface area contributed by atoms with Crippen LogP contribution in [0.2, 0.25) is 0 Å². The molecule has 0 aliphatic carbocycles. The summed E-state index contributed by atoms with van der Waals surface area (Å²) in [6.07, 6.45) is 0.580. The largest absolute Gasteiger partial charge is 0.491 e. The molecule has 2 aromatic carbocycles. The van der Waals surface area contributed by atoms with Crippen LogP contribution in [0.25, 0.3) is 0 Å². The number of rotatable bonds is 8. The van der Waals surface area contributed by atoms with Crippen LogP contribution in [0, 0.1) is 5.82 Å². The Kier molecular flexibility index (Phi) is 6.57. The molecule has 0 fully saturated rings. The molecule has 0 atom stereocenters. The van der Waals surface area contributed by atoms with Gasteiger partial charge < -0.3 is 19.9 Å². The lowest BCUT2D eigenvalue weighted by Gasteiger charge is -2.10. The monoisotopic (exact) mass is 333 g/mol. The van der Waals surface area contributed by atoms with E-state index in [1.807, 2.05) is 0 Å². The van der Waals surface area contributed by atoms with Gasteiger partial charge in [-0.15, -0.1) is 0 Å². The number of carbonyl (C=O) groups is 1. The van der Waals surface area contributed by atoms with E-state index in [2.05, 4.69) is 0 Å². The van der Waals surface area contributed by atoms with Crippen LogP contribution in [0.3, 0.4) is 0 Å². The number of hydrogen-bond donors (Lipinski definition) is 1. The Morgan fingerprint density at radius 2 is 1.79 bits per heavy atom.